The number of hydrogen-bond acceptors (Lipinski definition) is 4. The molecule has 0 aliphatic carbocycles. The first-order valence-electron chi connectivity index (χ1n) is 5.75. The first-order valence-corrected chi connectivity index (χ1v) is 5.75. The Hall–Kier alpha value is -2.70. The highest BCUT2D eigenvalue weighted by Crippen LogP contribution is 2.08. The van der Waals surface area contributed by atoms with E-state index < -0.39 is 0 Å². The van der Waals surface area contributed by atoms with Gasteiger partial charge in [-0.15, -0.1) is 5.10 Å². The number of carbonyl (C=O) groups is 1. The predicted molar refractivity (Wildman–Crippen MR) is 68.9 cm³/mol. The number of carbonyl (C=O) groups excluding carboxylic acids is 1. The maximum atomic E-state index is 11.9. The molecule has 96 valence electrons. The monoisotopic (exact) mass is 256 g/mol. The summed E-state index contributed by atoms with van der Waals surface area (Å²) < 4.78 is 3.20. The summed E-state index contributed by atoms with van der Waals surface area (Å²) in [5.41, 5.74) is 2.23. The predicted octanol–water partition coefficient (Wildman–Crippen LogP) is 1.02. The highest BCUT2D eigenvalue weighted by Gasteiger charge is 2.11. The van der Waals surface area contributed by atoms with Crippen molar-refractivity contribution in [3.63, 3.8) is 0 Å². The molecule has 0 saturated heterocycles. The summed E-state index contributed by atoms with van der Waals surface area (Å²) in [5, 5.41) is 10.8. The molecule has 3 rings (SSSR count). The van der Waals surface area contributed by atoms with Gasteiger partial charge in [0.15, 0.2) is 5.65 Å². The van der Waals surface area contributed by atoms with Crippen molar-refractivity contribution in [3.05, 3.63) is 41.9 Å². The second-order valence-electron chi connectivity index (χ2n) is 4.30. The van der Waals surface area contributed by atoms with Gasteiger partial charge in [0.1, 0.15) is 0 Å². The Balaban J connectivity index is 1.87. The van der Waals surface area contributed by atoms with Crippen molar-refractivity contribution in [2.24, 2.45) is 7.05 Å². The van der Waals surface area contributed by atoms with Crippen LogP contribution in [0.15, 0.2) is 30.7 Å². The molecule has 0 atom stereocenters. The quantitative estimate of drug-likeness (QED) is 0.742. The van der Waals surface area contributed by atoms with Gasteiger partial charge in [0.05, 0.1) is 11.8 Å². The second kappa shape index (κ2) is 4.20. The van der Waals surface area contributed by atoms with Crippen LogP contribution in [-0.2, 0) is 7.05 Å². The molecular weight excluding hydrogens is 244 g/mol. The molecule has 1 amide bonds. The normalized spacial score (nSPS) is 10.8. The lowest BCUT2D eigenvalue weighted by Gasteiger charge is -1.95. The summed E-state index contributed by atoms with van der Waals surface area (Å²) in [5.74, 6) is 0.000168. The molecule has 0 spiro atoms. The first-order chi connectivity index (χ1) is 9.11. The lowest BCUT2D eigenvalue weighted by atomic mass is 10.3. The fraction of sp³-hybridized carbons (Fsp3) is 0.167. The van der Waals surface area contributed by atoms with Crippen LogP contribution in [0.1, 0.15) is 15.9 Å². The van der Waals surface area contributed by atoms with E-state index in [0.717, 1.165) is 5.56 Å². The topological polar surface area (TPSA) is 77.1 Å². The van der Waals surface area contributed by atoms with Gasteiger partial charge in [-0.2, -0.15) is 10.1 Å². The lowest BCUT2D eigenvalue weighted by molar-refractivity contribution is 0.102. The molecule has 0 unspecified atom stereocenters. The molecule has 0 aliphatic heterocycles. The first kappa shape index (κ1) is 11.4. The SMILES string of the molecule is Cc1ccc2nc(NC(=O)c3cnn(C)c3)nn2c1. The van der Waals surface area contributed by atoms with Gasteiger partial charge in [-0.05, 0) is 18.6 Å². The highest BCUT2D eigenvalue weighted by molar-refractivity contribution is 6.03. The number of aryl methyl sites for hydroxylation is 2. The largest absolute Gasteiger partial charge is 0.289 e. The van der Waals surface area contributed by atoms with E-state index in [9.17, 15) is 4.79 Å². The minimum atomic E-state index is -0.277. The van der Waals surface area contributed by atoms with Gasteiger partial charge in [0, 0.05) is 19.4 Å². The number of rotatable bonds is 2. The number of nitrogens with zero attached hydrogens (tertiary/aromatic N) is 5. The molecular formula is C12H12N6O. The number of anilines is 1. The molecule has 7 nitrogen and oxygen atoms in total. The van der Waals surface area contributed by atoms with Crippen LogP contribution in [0.3, 0.4) is 0 Å². The van der Waals surface area contributed by atoms with Crippen LogP contribution in [0.25, 0.3) is 5.65 Å². The van der Waals surface area contributed by atoms with Crippen LogP contribution in [0.5, 0.6) is 0 Å². The average molecular weight is 256 g/mol. The van der Waals surface area contributed by atoms with Crippen molar-refractivity contribution >= 4 is 17.5 Å². The van der Waals surface area contributed by atoms with Crippen LogP contribution < -0.4 is 5.32 Å². The standard InChI is InChI=1S/C12H12N6O/c1-8-3-4-10-14-12(16-18(10)6-8)15-11(19)9-5-13-17(2)7-9/h3-7H,1-2H3,(H,15,16,19). The smallest absolute Gasteiger partial charge is 0.261 e. The van der Waals surface area contributed by atoms with E-state index in [4.69, 9.17) is 0 Å². The van der Waals surface area contributed by atoms with Crippen LogP contribution >= 0.6 is 0 Å². The Bertz CT molecular complexity index is 757. The van der Waals surface area contributed by atoms with Crippen molar-refractivity contribution < 1.29 is 4.79 Å². The molecule has 0 aliphatic rings. The Morgan fingerprint density at radius 3 is 2.89 bits per heavy atom. The van der Waals surface area contributed by atoms with Gasteiger partial charge in [-0.1, -0.05) is 6.07 Å². The summed E-state index contributed by atoms with van der Waals surface area (Å²) >= 11 is 0. The minimum absolute atomic E-state index is 0.277. The van der Waals surface area contributed by atoms with E-state index in [1.807, 2.05) is 25.3 Å². The van der Waals surface area contributed by atoms with E-state index in [-0.39, 0.29) is 11.9 Å². The average Bonchev–Trinajstić information content (AvgIpc) is 2.94. The third-order valence-electron chi connectivity index (χ3n) is 2.67. The number of aromatic nitrogens is 5. The molecule has 3 heterocycles. The molecule has 0 saturated carbocycles. The van der Waals surface area contributed by atoms with Gasteiger partial charge in [0.2, 0.25) is 5.95 Å². The van der Waals surface area contributed by atoms with Crippen LogP contribution in [0, 0.1) is 6.92 Å². The third kappa shape index (κ3) is 2.17. The Kier molecular flexibility index (Phi) is 2.52. The number of hydrogen-bond donors (Lipinski definition) is 1. The van der Waals surface area contributed by atoms with Gasteiger partial charge in [-0.25, -0.2) is 4.52 Å². The molecule has 3 aromatic heterocycles. The molecule has 0 radical (unpaired) electrons. The summed E-state index contributed by atoms with van der Waals surface area (Å²) in [6.45, 7) is 1.97. The zero-order valence-electron chi connectivity index (χ0n) is 10.5. The molecule has 0 aromatic carbocycles. The Morgan fingerprint density at radius 2 is 2.16 bits per heavy atom. The summed E-state index contributed by atoms with van der Waals surface area (Å²) in [6, 6.07) is 3.79. The van der Waals surface area contributed by atoms with Gasteiger partial charge in [0.25, 0.3) is 5.91 Å². The molecule has 19 heavy (non-hydrogen) atoms. The molecule has 1 N–H and O–H groups in total. The van der Waals surface area contributed by atoms with E-state index in [2.05, 4.69) is 20.5 Å². The molecule has 3 aromatic rings. The van der Waals surface area contributed by atoms with Gasteiger partial charge >= 0.3 is 0 Å². The number of nitrogens with one attached hydrogen (secondary N) is 1. The van der Waals surface area contributed by atoms with Crippen molar-refractivity contribution in [3.8, 4) is 0 Å². The van der Waals surface area contributed by atoms with E-state index in [0.29, 0.717) is 11.2 Å². The lowest BCUT2D eigenvalue weighted by Crippen LogP contribution is -2.12. The fourth-order valence-corrected chi connectivity index (χ4v) is 1.75. The van der Waals surface area contributed by atoms with Crippen molar-refractivity contribution in [1.82, 2.24) is 24.4 Å². The number of fused-ring (bicyclic) bond motifs is 1. The summed E-state index contributed by atoms with van der Waals surface area (Å²) in [6.07, 6.45) is 4.98. The Labute approximate surface area is 108 Å². The fourth-order valence-electron chi connectivity index (χ4n) is 1.75. The highest BCUT2D eigenvalue weighted by atomic mass is 16.1. The third-order valence-corrected chi connectivity index (χ3v) is 2.67. The second-order valence-corrected chi connectivity index (χ2v) is 4.30. The van der Waals surface area contributed by atoms with Crippen molar-refractivity contribution in [2.75, 3.05) is 5.32 Å². The van der Waals surface area contributed by atoms with Crippen LogP contribution in [0.2, 0.25) is 0 Å². The molecule has 0 bridgehead atoms. The summed E-state index contributed by atoms with van der Waals surface area (Å²) in [4.78, 5) is 16.1. The molecule has 7 heteroatoms. The van der Waals surface area contributed by atoms with Crippen LogP contribution in [-0.4, -0.2) is 30.3 Å². The number of amides is 1. The zero-order chi connectivity index (χ0) is 13.4. The van der Waals surface area contributed by atoms with E-state index in [1.165, 1.54) is 6.20 Å². The van der Waals surface area contributed by atoms with Crippen molar-refractivity contribution in [1.29, 1.82) is 0 Å². The maximum Gasteiger partial charge on any atom is 0.261 e. The molecule has 0 fully saturated rings. The minimum Gasteiger partial charge on any atom is -0.289 e. The van der Waals surface area contributed by atoms with Crippen LogP contribution in [0.4, 0.5) is 5.95 Å². The van der Waals surface area contributed by atoms with E-state index in [1.54, 1.807) is 22.4 Å². The van der Waals surface area contributed by atoms with Crippen molar-refractivity contribution in [2.45, 2.75) is 6.92 Å². The maximum absolute atomic E-state index is 11.9. The summed E-state index contributed by atoms with van der Waals surface area (Å²) in [7, 11) is 1.75. The Morgan fingerprint density at radius 1 is 1.32 bits per heavy atom. The van der Waals surface area contributed by atoms with Gasteiger partial charge < -0.3 is 0 Å². The number of pyridine rings is 1. The zero-order valence-corrected chi connectivity index (χ0v) is 10.5. The van der Waals surface area contributed by atoms with E-state index >= 15 is 0 Å². The van der Waals surface area contributed by atoms with Gasteiger partial charge in [-0.3, -0.25) is 14.8 Å².